The molecule has 0 saturated carbocycles. The summed E-state index contributed by atoms with van der Waals surface area (Å²) in [5, 5.41) is 0. The van der Waals surface area contributed by atoms with Crippen LogP contribution in [0, 0.1) is 0 Å². The van der Waals surface area contributed by atoms with Crippen LogP contribution in [0.5, 0.6) is 0 Å². The summed E-state index contributed by atoms with van der Waals surface area (Å²) in [7, 11) is -3.34. The fourth-order valence-corrected chi connectivity index (χ4v) is 4.32. The fraction of sp³-hybridized carbons (Fsp3) is 0.400. The van der Waals surface area contributed by atoms with Gasteiger partial charge in [0.15, 0.2) is 0 Å². The van der Waals surface area contributed by atoms with Gasteiger partial charge in [0, 0.05) is 16.3 Å². The molecule has 88 valence electrons. The third-order valence-electron chi connectivity index (χ3n) is 2.38. The van der Waals surface area contributed by atoms with Crippen LogP contribution in [0.25, 0.3) is 0 Å². The lowest BCUT2D eigenvalue weighted by Crippen LogP contribution is -2.34. The minimum absolute atomic E-state index is 0.0821. The third kappa shape index (κ3) is 3.00. The minimum atomic E-state index is -3.34. The van der Waals surface area contributed by atoms with Gasteiger partial charge in [0.05, 0.1) is 4.90 Å². The van der Waals surface area contributed by atoms with Crippen molar-refractivity contribution in [1.82, 2.24) is 4.72 Å². The van der Waals surface area contributed by atoms with Crippen LogP contribution in [0.2, 0.25) is 0 Å². The van der Waals surface area contributed by atoms with E-state index >= 15 is 0 Å². The van der Waals surface area contributed by atoms with E-state index in [0.717, 1.165) is 22.4 Å². The summed E-state index contributed by atoms with van der Waals surface area (Å²) in [6.45, 7) is 0. The maximum absolute atomic E-state index is 12.0. The average Bonchev–Trinajstić information content (AvgIpc) is 2.70. The largest absolute Gasteiger partial charge is 0.240 e. The second-order valence-corrected chi connectivity index (χ2v) is 7.42. The number of sulfonamides is 1. The summed E-state index contributed by atoms with van der Waals surface area (Å²) in [5.41, 5.74) is 0. The number of thioether (sulfide) groups is 1. The normalized spacial score (nSPS) is 21.2. The van der Waals surface area contributed by atoms with Gasteiger partial charge in [-0.3, -0.25) is 0 Å². The highest BCUT2D eigenvalue weighted by Crippen LogP contribution is 2.20. The van der Waals surface area contributed by atoms with Crippen molar-refractivity contribution in [3.05, 3.63) is 28.7 Å². The molecule has 1 unspecified atom stereocenters. The van der Waals surface area contributed by atoms with Crippen LogP contribution in [0.3, 0.4) is 0 Å². The third-order valence-corrected chi connectivity index (χ3v) is 5.60. The van der Waals surface area contributed by atoms with Gasteiger partial charge in [-0.2, -0.15) is 11.8 Å². The number of hydrogen-bond acceptors (Lipinski definition) is 3. The molecule has 0 radical (unpaired) electrons. The molecule has 1 aromatic carbocycles. The standard InChI is InChI=1S/C10H12BrNO2S2/c11-8-1-3-10(4-2-8)16(13,14)12-9-5-6-15-7-9/h1-4,9,12H,5-7H2. The van der Waals surface area contributed by atoms with Crippen molar-refractivity contribution in [2.75, 3.05) is 11.5 Å². The van der Waals surface area contributed by atoms with E-state index in [1.807, 2.05) is 0 Å². The predicted molar refractivity (Wildman–Crippen MR) is 70.2 cm³/mol. The minimum Gasteiger partial charge on any atom is -0.207 e. The molecular formula is C10H12BrNO2S2. The van der Waals surface area contributed by atoms with E-state index in [1.165, 1.54) is 0 Å². The van der Waals surface area contributed by atoms with E-state index in [4.69, 9.17) is 0 Å². The second kappa shape index (κ2) is 5.08. The van der Waals surface area contributed by atoms with Crippen molar-refractivity contribution in [1.29, 1.82) is 0 Å². The number of halogens is 1. The summed E-state index contributed by atoms with van der Waals surface area (Å²) in [6, 6.07) is 6.76. The van der Waals surface area contributed by atoms with Crippen molar-refractivity contribution >= 4 is 37.7 Å². The van der Waals surface area contributed by atoms with E-state index in [2.05, 4.69) is 20.7 Å². The van der Waals surface area contributed by atoms with Gasteiger partial charge in [-0.25, -0.2) is 13.1 Å². The Kier molecular flexibility index (Phi) is 3.94. The lowest BCUT2D eigenvalue weighted by Gasteiger charge is -2.11. The van der Waals surface area contributed by atoms with Gasteiger partial charge in [-0.05, 0) is 36.4 Å². The molecule has 0 aromatic heterocycles. The maximum atomic E-state index is 12.0. The van der Waals surface area contributed by atoms with Crippen molar-refractivity contribution in [3.8, 4) is 0 Å². The summed E-state index contributed by atoms with van der Waals surface area (Å²) >= 11 is 5.07. The van der Waals surface area contributed by atoms with Crippen LogP contribution in [0.15, 0.2) is 33.6 Å². The SMILES string of the molecule is O=S(=O)(NC1CCSC1)c1ccc(Br)cc1. The Morgan fingerprint density at radius 3 is 2.56 bits per heavy atom. The van der Waals surface area contributed by atoms with Gasteiger partial charge in [0.25, 0.3) is 0 Å². The lowest BCUT2D eigenvalue weighted by atomic mass is 10.3. The van der Waals surface area contributed by atoms with E-state index in [9.17, 15) is 8.42 Å². The van der Waals surface area contributed by atoms with Crippen molar-refractivity contribution in [2.45, 2.75) is 17.4 Å². The summed E-state index contributed by atoms with van der Waals surface area (Å²) in [4.78, 5) is 0.326. The monoisotopic (exact) mass is 321 g/mol. The molecule has 0 amide bonds. The second-order valence-electron chi connectivity index (χ2n) is 3.64. The number of benzene rings is 1. The van der Waals surface area contributed by atoms with Crippen LogP contribution >= 0.6 is 27.7 Å². The van der Waals surface area contributed by atoms with Gasteiger partial charge < -0.3 is 0 Å². The molecular weight excluding hydrogens is 310 g/mol. The molecule has 1 aliphatic rings. The first-order chi connectivity index (χ1) is 7.58. The highest BCUT2D eigenvalue weighted by Gasteiger charge is 2.22. The van der Waals surface area contributed by atoms with E-state index in [-0.39, 0.29) is 6.04 Å². The summed E-state index contributed by atoms with van der Waals surface area (Å²) in [6.07, 6.45) is 0.917. The summed E-state index contributed by atoms with van der Waals surface area (Å²) in [5.74, 6) is 1.91. The van der Waals surface area contributed by atoms with E-state index in [0.29, 0.717) is 4.90 Å². The number of rotatable bonds is 3. The molecule has 2 rings (SSSR count). The Morgan fingerprint density at radius 2 is 2.00 bits per heavy atom. The van der Waals surface area contributed by atoms with E-state index in [1.54, 1.807) is 36.0 Å². The highest BCUT2D eigenvalue weighted by molar-refractivity contribution is 9.10. The first-order valence-corrected chi connectivity index (χ1v) is 8.37. The Bertz CT molecular complexity index is 452. The first kappa shape index (κ1) is 12.4. The Labute approximate surface area is 108 Å². The van der Waals surface area contributed by atoms with Crippen LogP contribution < -0.4 is 4.72 Å². The average molecular weight is 322 g/mol. The van der Waals surface area contributed by atoms with E-state index < -0.39 is 10.0 Å². The Morgan fingerprint density at radius 1 is 1.31 bits per heavy atom. The molecule has 1 saturated heterocycles. The zero-order valence-corrected chi connectivity index (χ0v) is 11.7. The summed E-state index contributed by atoms with van der Waals surface area (Å²) < 4.78 is 27.5. The molecule has 6 heteroatoms. The molecule has 1 atom stereocenters. The molecule has 3 nitrogen and oxygen atoms in total. The topological polar surface area (TPSA) is 46.2 Å². The van der Waals surface area contributed by atoms with Crippen LogP contribution in [-0.2, 0) is 10.0 Å². The zero-order valence-electron chi connectivity index (χ0n) is 8.52. The molecule has 1 aliphatic heterocycles. The quantitative estimate of drug-likeness (QED) is 0.928. The smallest absolute Gasteiger partial charge is 0.207 e. The van der Waals surface area contributed by atoms with Crippen molar-refractivity contribution < 1.29 is 8.42 Å². The van der Waals surface area contributed by atoms with Gasteiger partial charge in [0.2, 0.25) is 10.0 Å². The number of nitrogens with one attached hydrogen (secondary N) is 1. The predicted octanol–water partition coefficient (Wildman–Crippen LogP) is 2.23. The molecule has 0 bridgehead atoms. The number of hydrogen-bond donors (Lipinski definition) is 1. The Hall–Kier alpha value is -0.0400. The highest BCUT2D eigenvalue weighted by atomic mass is 79.9. The molecule has 0 aliphatic carbocycles. The fourth-order valence-electron chi connectivity index (χ4n) is 1.53. The van der Waals surface area contributed by atoms with Gasteiger partial charge in [-0.15, -0.1) is 0 Å². The first-order valence-electron chi connectivity index (χ1n) is 4.93. The lowest BCUT2D eigenvalue weighted by molar-refractivity contribution is 0.563. The molecule has 1 aromatic rings. The van der Waals surface area contributed by atoms with Crippen molar-refractivity contribution in [2.24, 2.45) is 0 Å². The van der Waals surface area contributed by atoms with Crippen molar-refractivity contribution in [3.63, 3.8) is 0 Å². The molecule has 1 heterocycles. The maximum Gasteiger partial charge on any atom is 0.240 e. The van der Waals surface area contributed by atoms with Gasteiger partial charge in [0.1, 0.15) is 0 Å². The van der Waals surface area contributed by atoms with Crippen LogP contribution in [0.1, 0.15) is 6.42 Å². The zero-order chi connectivity index (χ0) is 11.6. The Balaban J connectivity index is 2.14. The molecule has 1 fully saturated rings. The molecule has 16 heavy (non-hydrogen) atoms. The van der Waals surface area contributed by atoms with Crippen LogP contribution in [-0.4, -0.2) is 26.0 Å². The molecule has 0 spiro atoms. The van der Waals surface area contributed by atoms with Crippen LogP contribution in [0.4, 0.5) is 0 Å². The molecule has 1 N–H and O–H groups in total. The van der Waals surface area contributed by atoms with Gasteiger partial charge in [-0.1, -0.05) is 15.9 Å². The van der Waals surface area contributed by atoms with Gasteiger partial charge >= 0.3 is 0 Å².